The molecule has 0 fully saturated rings. The molecule has 0 amide bonds. The molecule has 2 rings (SSSR count). The average Bonchev–Trinajstić information content (AvgIpc) is 2.88. The van der Waals surface area contributed by atoms with E-state index >= 15 is 0 Å². The number of thiazole rings is 1. The molecule has 0 N–H and O–H groups in total. The molecule has 0 saturated heterocycles. The standard InChI is InChI=1S/C13H17ClN4OS/c1-17(2)11-6-13(19)18(15-8-11)5-3-4-12-16-10(7-14)9-20-12/h6,8-9H,3-5,7H2,1-2H3. The largest absolute Gasteiger partial charge is 0.376 e. The molecule has 0 aliphatic carbocycles. The van der Waals surface area contributed by atoms with Crippen LogP contribution in [-0.4, -0.2) is 28.9 Å². The zero-order valence-electron chi connectivity index (χ0n) is 11.5. The molecule has 108 valence electrons. The number of alkyl halides is 1. The van der Waals surface area contributed by atoms with Crippen molar-refractivity contribution in [3.63, 3.8) is 0 Å². The van der Waals surface area contributed by atoms with Gasteiger partial charge in [0, 0.05) is 38.5 Å². The van der Waals surface area contributed by atoms with E-state index in [2.05, 4.69) is 10.1 Å². The molecule has 0 saturated carbocycles. The van der Waals surface area contributed by atoms with Crippen molar-refractivity contribution < 1.29 is 0 Å². The van der Waals surface area contributed by atoms with E-state index in [0.29, 0.717) is 12.4 Å². The van der Waals surface area contributed by atoms with Crippen LogP contribution >= 0.6 is 22.9 Å². The van der Waals surface area contributed by atoms with Gasteiger partial charge >= 0.3 is 0 Å². The van der Waals surface area contributed by atoms with Crippen LogP contribution in [-0.2, 0) is 18.8 Å². The van der Waals surface area contributed by atoms with Crippen LogP contribution in [0.4, 0.5) is 5.69 Å². The fourth-order valence-corrected chi connectivity index (χ4v) is 2.81. The molecular formula is C13H17ClN4OS. The Morgan fingerprint density at radius 2 is 2.25 bits per heavy atom. The summed E-state index contributed by atoms with van der Waals surface area (Å²) in [5.74, 6) is 0.448. The van der Waals surface area contributed by atoms with Crippen LogP contribution < -0.4 is 10.5 Å². The van der Waals surface area contributed by atoms with Gasteiger partial charge in [0.2, 0.25) is 0 Å². The first-order valence-corrected chi connectivity index (χ1v) is 7.75. The molecule has 0 bridgehead atoms. The second-order valence-corrected chi connectivity index (χ2v) is 5.85. The summed E-state index contributed by atoms with van der Waals surface area (Å²) >= 11 is 7.33. The first-order chi connectivity index (χ1) is 9.60. The topological polar surface area (TPSA) is 51.0 Å². The van der Waals surface area contributed by atoms with Crippen LogP contribution in [0.3, 0.4) is 0 Å². The van der Waals surface area contributed by atoms with Gasteiger partial charge in [-0.15, -0.1) is 22.9 Å². The fraction of sp³-hybridized carbons (Fsp3) is 0.462. The smallest absolute Gasteiger partial charge is 0.268 e. The van der Waals surface area contributed by atoms with Gasteiger partial charge in [0.25, 0.3) is 5.56 Å². The third-order valence-corrected chi connectivity index (χ3v) is 4.10. The number of aromatic nitrogens is 3. The van der Waals surface area contributed by atoms with Gasteiger partial charge in [-0.05, 0) is 6.42 Å². The van der Waals surface area contributed by atoms with Gasteiger partial charge in [-0.2, -0.15) is 5.10 Å². The minimum atomic E-state index is -0.0724. The number of nitrogens with zero attached hydrogens (tertiary/aromatic N) is 4. The summed E-state index contributed by atoms with van der Waals surface area (Å²) < 4.78 is 1.49. The van der Waals surface area contributed by atoms with Crippen LogP contribution in [0.25, 0.3) is 0 Å². The summed E-state index contributed by atoms with van der Waals surface area (Å²) in [6.07, 6.45) is 3.38. The molecule has 2 heterocycles. The summed E-state index contributed by atoms with van der Waals surface area (Å²) in [5.41, 5.74) is 1.66. The van der Waals surface area contributed by atoms with Gasteiger partial charge in [0.15, 0.2) is 0 Å². The summed E-state index contributed by atoms with van der Waals surface area (Å²) in [5, 5.41) is 7.20. The maximum Gasteiger partial charge on any atom is 0.268 e. The molecule has 2 aromatic heterocycles. The second kappa shape index (κ2) is 6.85. The molecule has 0 aromatic carbocycles. The minimum Gasteiger partial charge on any atom is -0.376 e. The van der Waals surface area contributed by atoms with E-state index in [1.807, 2.05) is 24.4 Å². The highest BCUT2D eigenvalue weighted by atomic mass is 35.5. The molecule has 2 aromatic rings. The maximum absolute atomic E-state index is 11.9. The van der Waals surface area contributed by atoms with E-state index in [-0.39, 0.29) is 5.56 Å². The highest BCUT2D eigenvalue weighted by Crippen LogP contribution is 2.13. The lowest BCUT2D eigenvalue weighted by molar-refractivity contribution is 0.547. The molecule has 0 spiro atoms. The summed E-state index contributed by atoms with van der Waals surface area (Å²) in [7, 11) is 3.77. The molecule has 20 heavy (non-hydrogen) atoms. The second-order valence-electron chi connectivity index (χ2n) is 4.64. The van der Waals surface area contributed by atoms with Crippen LogP contribution in [0.5, 0.6) is 0 Å². The van der Waals surface area contributed by atoms with E-state index in [4.69, 9.17) is 11.6 Å². The molecule has 0 aliphatic rings. The third-order valence-electron chi connectivity index (χ3n) is 2.87. The van der Waals surface area contributed by atoms with Crippen molar-refractivity contribution in [1.82, 2.24) is 14.8 Å². The number of anilines is 1. The lowest BCUT2D eigenvalue weighted by Crippen LogP contribution is -2.24. The lowest BCUT2D eigenvalue weighted by atomic mass is 10.3. The Hall–Kier alpha value is -1.40. The van der Waals surface area contributed by atoms with Crippen LogP contribution in [0, 0.1) is 0 Å². The molecule has 7 heteroatoms. The average molecular weight is 313 g/mol. The van der Waals surface area contributed by atoms with Gasteiger partial charge in [0.05, 0.1) is 28.5 Å². The molecule has 0 radical (unpaired) electrons. The normalized spacial score (nSPS) is 10.8. The van der Waals surface area contributed by atoms with Crippen LogP contribution in [0.2, 0.25) is 0 Å². The first-order valence-electron chi connectivity index (χ1n) is 6.34. The SMILES string of the molecule is CN(C)c1cnn(CCCc2nc(CCl)cs2)c(=O)c1. The van der Waals surface area contributed by atoms with Gasteiger partial charge < -0.3 is 4.90 Å². The Bertz CT molecular complexity index is 623. The number of hydrogen-bond acceptors (Lipinski definition) is 5. The van der Waals surface area contributed by atoms with Crippen LogP contribution in [0.1, 0.15) is 17.1 Å². The monoisotopic (exact) mass is 312 g/mol. The number of hydrogen-bond donors (Lipinski definition) is 0. The zero-order valence-corrected chi connectivity index (χ0v) is 13.1. The minimum absolute atomic E-state index is 0.0724. The van der Waals surface area contributed by atoms with Crippen molar-refractivity contribution in [3.05, 3.63) is 38.7 Å². The van der Waals surface area contributed by atoms with E-state index in [1.165, 1.54) is 4.68 Å². The van der Waals surface area contributed by atoms with Crippen LogP contribution in [0.15, 0.2) is 22.4 Å². The molecule has 0 atom stereocenters. The Kier molecular flexibility index (Phi) is 5.14. The van der Waals surface area contributed by atoms with Gasteiger partial charge in [-0.1, -0.05) is 0 Å². The maximum atomic E-state index is 11.9. The Labute approximate surface area is 126 Å². The Morgan fingerprint density at radius 3 is 2.85 bits per heavy atom. The summed E-state index contributed by atoms with van der Waals surface area (Å²) in [4.78, 5) is 18.1. The lowest BCUT2D eigenvalue weighted by Gasteiger charge is -2.12. The molecule has 0 unspecified atom stereocenters. The molecule has 0 aliphatic heterocycles. The highest BCUT2D eigenvalue weighted by molar-refractivity contribution is 7.09. The van der Waals surface area contributed by atoms with Crippen molar-refractivity contribution in [2.75, 3.05) is 19.0 Å². The number of halogens is 1. The van der Waals surface area contributed by atoms with Crippen molar-refractivity contribution in [2.24, 2.45) is 0 Å². The van der Waals surface area contributed by atoms with Crippen molar-refractivity contribution in [3.8, 4) is 0 Å². The van der Waals surface area contributed by atoms with Gasteiger partial charge in [0.1, 0.15) is 0 Å². The third kappa shape index (κ3) is 3.80. The zero-order chi connectivity index (χ0) is 14.5. The Morgan fingerprint density at radius 1 is 1.45 bits per heavy atom. The van der Waals surface area contributed by atoms with E-state index in [9.17, 15) is 4.79 Å². The quantitative estimate of drug-likeness (QED) is 0.767. The highest BCUT2D eigenvalue weighted by Gasteiger charge is 2.04. The fourth-order valence-electron chi connectivity index (χ4n) is 1.74. The van der Waals surface area contributed by atoms with Crippen molar-refractivity contribution in [2.45, 2.75) is 25.3 Å². The number of aryl methyl sites for hydroxylation is 2. The molecular weight excluding hydrogens is 296 g/mol. The predicted molar refractivity (Wildman–Crippen MR) is 82.8 cm³/mol. The summed E-state index contributed by atoms with van der Waals surface area (Å²) in [6.45, 7) is 0.600. The van der Waals surface area contributed by atoms with Gasteiger partial charge in [-0.3, -0.25) is 4.79 Å². The predicted octanol–water partition coefficient (Wildman–Crippen LogP) is 2.14. The van der Waals surface area contributed by atoms with E-state index < -0.39 is 0 Å². The first kappa shape index (κ1) is 15.0. The van der Waals surface area contributed by atoms with Crippen molar-refractivity contribution >= 4 is 28.6 Å². The van der Waals surface area contributed by atoms with Gasteiger partial charge in [-0.25, -0.2) is 9.67 Å². The van der Waals surface area contributed by atoms with E-state index in [1.54, 1.807) is 23.6 Å². The van der Waals surface area contributed by atoms with Crippen molar-refractivity contribution in [1.29, 1.82) is 0 Å². The molecule has 5 nitrogen and oxygen atoms in total. The number of rotatable bonds is 6. The van der Waals surface area contributed by atoms with E-state index in [0.717, 1.165) is 29.2 Å². The Balaban J connectivity index is 1.92. The summed E-state index contributed by atoms with van der Waals surface area (Å²) in [6, 6.07) is 1.60.